The molecule has 0 bridgehead atoms. The van der Waals surface area contributed by atoms with Crippen molar-refractivity contribution in [2.24, 2.45) is 5.41 Å². The maximum Gasteiger partial charge on any atom is 0.272 e. The fourth-order valence-electron chi connectivity index (χ4n) is 4.66. The topological polar surface area (TPSA) is 62.3 Å². The van der Waals surface area contributed by atoms with Gasteiger partial charge >= 0.3 is 0 Å². The summed E-state index contributed by atoms with van der Waals surface area (Å²) in [6.45, 7) is 6.94. The van der Waals surface area contributed by atoms with Gasteiger partial charge in [-0.05, 0) is 62.4 Å². The number of likely N-dealkylation sites (tertiary alicyclic amines) is 1. The molecule has 1 saturated heterocycles. The van der Waals surface area contributed by atoms with E-state index in [9.17, 15) is 9.59 Å². The molecular formula is C28H31N3O2. The Morgan fingerprint density at radius 1 is 1.06 bits per heavy atom. The van der Waals surface area contributed by atoms with Crippen LogP contribution >= 0.6 is 0 Å². The van der Waals surface area contributed by atoms with Gasteiger partial charge in [-0.3, -0.25) is 14.6 Å². The van der Waals surface area contributed by atoms with Crippen LogP contribution in [0.5, 0.6) is 0 Å². The van der Waals surface area contributed by atoms with Crippen molar-refractivity contribution in [3.63, 3.8) is 0 Å². The molecule has 2 aromatic carbocycles. The molecule has 0 spiro atoms. The highest BCUT2D eigenvalue weighted by Crippen LogP contribution is 2.38. The fourth-order valence-corrected chi connectivity index (χ4v) is 4.66. The quantitative estimate of drug-likeness (QED) is 0.605. The van der Waals surface area contributed by atoms with Gasteiger partial charge in [-0.2, -0.15) is 0 Å². The molecule has 2 heterocycles. The van der Waals surface area contributed by atoms with E-state index < -0.39 is 5.41 Å². The van der Waals surface area contributed by atoms with E-state index in [4.69, 9.17) is 0 Å². The van der Waals surface area contributed by atoms with E-state index in [1.165, 1.54) is 5.56 Å². The first kappa shape index (κ1) is 22.7. The number of hydrogen-bond donors (Lipinski definition) is 1. The van der Waals surface area contributed by atoms with Crippen molar-refractivity contribution in [2.75, 3.05) is 13.1 Å². The minimum Gasteiger partial charge on any atom is -0.353 e. The number of aryl methyl sites for hydroxylation is 1. The van der Waals surface area contributed by atoms with E-state index in [1.807, 2.05) is 32.0 Å². The number of nitrogens with one attached hydrogen (secondary N) is 1. The SMILES string of the molecule is Cc1cccc(-c2ccccc2C[C@@]2(C(=O)NC(C)C)CCN(C(=O)c3ccccn3)C2)c1. The average Bonchev–Trinajstić information content (AvgIpc) is 3.24. The van der Waals surface area contributed by atoms with Crippen molar-refractivity contribution in [1.29, 1.82) is 0 Å². The zero-order valence-corrected chi connectivity index (χ0v) is 19.5. The zero-order valence-electron chi connectivity index (χ0n) is 19.5. The van der Waals surface area contributed by atoms with Gasteiger partial charge in [0.05, 0.1) is 5.41 Å². The summed E-state index contributed by atoms with van der Waals surface area (Å²) < 4.78 is 0. The van der Waals surface area contributed by atoms with E-state index in [1.54, 1.807) is 23.2 Å². The maximum absolute atomic E-state index is 13.5. The lowest BCUT2D eigenvalue weighted by molar-refractivity contribution is -0.130. The molecule has 0 unspecified atom stereocenters. The number of benzene rings is 2. The summed E-state index contributed by atoms with van der Waals surface area (Å²) >= 11 is 0. The van der Waals surface area contributed by atoms with Crippen LogP contribution in [0.25, 0.3) is 11.1 Å². The molecule has 5 nitrogen and oxygen atoms in total. The second-order valence-corrected chi connectivity index (χ2v) is 9.30. The van der Waals surface area contributed by atoms with Gasteiger partial charge in [0.1, 0.15) is 5.69 Å². The molecule has 33 heavy (non-hydrogen) atoms. The van der Waals surface area contributed by atoms with Crippen LogP contribution in [0.1, 0.15) is 41.9 Å². The Morgan fingerprint density at radius 3 is 2.58 bits per heavy atom. The molecular weight excluding hydrogens is 410 g/mol. The molecule has 0 aliphatic carbocycles. The van der Waals surface area contributed by atoms with E-state index in [2.05, 4.69) is 53.6 Å². The van der Waals surface area contributed by atoms with E-state index in [0.29, 0.717) is 31.6 Å². The minimum absolute atomic E-state index is 0.00728. The molecule has 1 aliphatic heterocycles. The first-order chi connectivity index (χ1) is 15.9. The van der Waals surface area contributed by atoms with Crippen molar-refractivity contribution >= 4 is 11.8 Å². The first-order valence-electron chi connectivity index (χ1n) is 11.5. The number of rotatable bonds is 6. The molecule has 0 saturated carbocycles. The Bertz CT molecular complexity index is 1140. The lowest BCUT2D eigenvalue weighted by Crippen LogP contribution is -2.47. The van der Waals surface area contributed by atoms with Gasteiger partial charge in [0, 0.05) is 25.3 Å². The van der Waals surface area contributed by atoms with Gasteiger partial charge in [0.25, 0.3) is 5.91 Å². The van der Waals surface area contributed by atoms with Crippen molar-refractivity contribution in [2.45, 2.75) is 39.7 Å². The summed E-state index contributed by atoms with van der Waals surface area (Å²) in [4.78, 5) is 32.6. The first-order valence-corrected chi connectivity index (χ1v) is 11.5. The number of hydrogen-bond acceptors (Lipinski definition) is 3. The summed E-state index contributed by atoms with van der Waals surface area (Å²) in [7, 11) is 0. The molecule has 0 radical (unpaired) electrons. The summed E-state index contributed by atoms with van der Waals surface area (Å²) in [5.41, 5.74) is 4.32. The van der Waals surface area contributed by atoms with Crippen LogP contribution < -0.4 is 5.32 Å². The Balaban J connectivity index is 1.67. The highest BCUT2D eigenvalue weighted by molar-refractivity contribution is 5.94. The third-order valence-corrected chi connectivity index (χ3v) is 6.30. The molecule has 1 aromatic heterocycles. The van der Waals surface area contributed by atoms with Gasteiger partial charge in [-0.15, -0.1) is 0 Å². The summed E-state index contributed by atoms with van der Waals surface area (Å²) in [5.74, 6) is -0.116. The third-order valence-electron chi connectivity index (χ3n) is 6.30. The number of aromatic nitrogens is 1. The average molecular weight is 442 g/mol. The number of nitrogens with zero attached hydrogens (tertiary/aromatic N) is 2. The molecule has 3 aromatic rings. The predicted octanol–water partition coefficient (Wildman–Crippen LogP) is 4.66. The smallest absolute Gasteiger partial charge is 0.272 e. The molecule has 1 fully saturated rings. The highest BCUT2D eigenvalue weighted by atomic mass is 16.2. The number of carbonyl (C=O) groups excluding carboxylic acids is 2. The van der Waals surface area contributed by atoms with Gasteiger partial charge in [-0.25, -0.2) is 0 Å². The summed E-state index contributed by atoms with van der Waals surface area (Å²) in [6.07, 6.45) is 2.81. The lowest BCUT2D eigenvalue weighted by atomic mass is 9.78. The Labute approximate surface area is 195 Å². The number of amides is 2. The number of carbonyl (C=O) groups is 2. The van der Waals surface area contributed by atoms with Crippen LogP contribution in [0, 0.1) is 12.3 Å². The van der Waals surface area contributed by atoms with Gasteiger partial charge in [0.15, 0.2) is 0 Å². The Kier molecular flexibility index (Phi) is 6.59. The van der Waals surface area contributed by atoms with Crippen molar-refractivity contribution in [3.8, 4) is 11.1 Å². The third kappa shape index (κ3) is 4.98. The summed E-state index contributed by atoms with van der Waals surface area (Å²) in [6, 6.07) is 22.1. The number of pyridine rings is 1. The maximum atomic E-state index is 13.5. The minimum atomic E-state index is -0.686. The van der Waals surface area contributed by atoms with E-state index in [0.717, 1.165) is 16.7 Å². The zero-order chi connectivity index (χ0) is 23.4. The highest BCUT2D eigenvalue weighted by Gasteiger charge is 2.46. The lowest BCUT2D eigenvalue weighted by Gasteiger charge is -2.30. The molecule has 2 amide bonds. The standard InChI is InChI=1S/C28H31N3O2/c1-20(2)30-27(33)28(14-16-31(19-28)26(32)25-13-6-7-15-29-25)18-23-10-4-5-12-24(23)22-11-8-9-21(3)17-22/h4-13,15,17,20H,14,16,18-19H2,1-3H3,(H,30,33)/t28-/m0/s1. The van der Waals surface area contributed by atoms with Crippen molar-refractivity contribution < 1.29 is 9.59 Å². The van der Waals surface area contributed by atoms with Gasteiger partial charge in [-0.1, -0.05) is 60.2 Å². The second-order valence-electron chi connectivity index (χ2n) is 9.30. The van der Waals surface area contributed by atoms with Gasteiger partial charge < -0.3 is 10.2 Å². The Hall–Kier alpha value is -3.47. The second kappa shape index (κ2) is 9.57. The van der Waals surface area contributed by atoms with Crippen LogP contribution in [0.3, 0.4) is 0 Å². The molecule has 1 N–H and O–H groups in total. The fraction of sp³-hybridized carbons (Fsp3) is 0.321. The van der Waals surface area contributed by atoms with Crippen LogP contribution in [0.2, 0.25) is 0 Å². The van der Waals surface area contributed by atoms with Crippen molar-refractivity contribution in [3.05, 3.63) is 89.7 Å². The molecule has 1 aliphatic rings. The van der Waals surface area contributed by atoms with Crippen LogP contribution in [0.15, 0.2) is 72.9 Å². The summed E-state index contributed by atoms with van der Waals surface area (Å²) in [5, 5.41) is 3.12. The van der Waals surface area contributed by atoms with Crippen LogP contribution in [-0.2, 0) is 11.2 Å². The molecule has 5 heteroatoms. The largest absolute Gasteiger partial charge is 0.353 e. The molecule has 4 rings (SSSR count). The van der Waals surface area contributed by atoms with Crippen LogP contribution in [-0.4, -0.2) is 40.8 Å². The monoisotopic (exact) mass is 441 g/mol. The van der Waals surface area contributed by atoms with Crippen LogP contribution in [0.4, 0.5) is 0 Å². The van der Waals surface area contributed by atoms with E-state index >= 15 is 0 Å². The predicted molar refractivity (Wildman–Crippen MR) is 131 cm³/mol. The normalized spacial score (nSPS) is 17.9. The van der Waals surface area contributed by atoms with E-state index in [-0.39, 0.29) is 17.9 Å². The molecule has 1 atom stereocenters. The van der Waals surface area contributed by atoms with Crippen molar-refractivity contribution in [1.82, 2.24) is 15.2 Å². The van der Waals surface area contributed by atoms with Gasteiger partial charge in [0.2, 0.25) is 5.91 Å². The Morgan fingerprint density at radius 2 is 1.85 bits per heavy atom. The molecule has 170 valence electrons.